The molecule has 8 heteroatoms. The molecule has 2 aliphatic heterocycles. The Balaban J connectivity index is 1.75. The number of rotatable bonds is 3. The molecule has 1 atom stereocenters. The van der Waals surface area contributed by atoms with Crippen molar-refractivity contribution in [3.63, 3.8) is 0 Å². The molecular formula is C12H18ClN3O2S2. The summed E-state index contributed by atoms with van der Waals surface area (Å²) in [5, 5.41) is 0. The molecule has 5 nitrogen and oxygen atoms in total. The first-order valence-corrected chi connectivity index (χ1v) is 9.56. The third-order valence-electron chi connectivity index (χ3n) is 4.07. The predicted octanol–water partition coefficient (Wildman–Crippen LogP) is 2.05. The lowest BCUT2D eigenvalue weighted by molar-refractivity contribution is 0.162. The van der Waals surface area contributed by atoms with Crippen LogP contribution in [-0.4, -0.2) is 54.8 Å². The van der Waals surface area contributed by atoms with Gasteiger partial charge in [0.1, 0.15) is 0 Å². The maximum atomic E-state index is 12.6. The number of likely N-dealkylation sites (tertiary alicyclic amines) is 1. The molecule has 3 heterocycles. The van der Waals surface area contributed by atoms with Gasteiger partial charge in [0.15, 0.2) is 8.68 Å². The lowest BCUT2D eigenvalue weighted by Crippen LogP contribution is -2.48. The molecule has 0 radical (unpaired) electrons. The standard InChI is InChI=1S/C12H18ClN3O2S2/c13-12-14-8-11(19-12)20(17,18)16-7-3-4-10(9-16)15-5-1-2-6-15/h8,10H,1-7,9H2. The van der Waals surface area contributed by atoms with Gasteiger partial charge >= 0.3 is 0 Å². The van der Waals surface area contributed by atoms with E-state index in [4.69, 9.17) is 11.6 Å². The van der Waals surface area contributed by atoms with Gasteiger partial charge < -0.3 is 0 Å². The Morgan fingerprint density at radius 2 is 2.00 bits per heavy atom. The number of thiazole rings is 1. The number of sulfonamides is 1. The topological polar surface area (TPSA) is 53.5 Å². The Labute approximate surface area is 128 Å². The van der Waals surface area contributed by atoms with E-state index >= 15 is 0 Å². The van der Waals surface area contributed by atoms with E-state index in [1.54, 1.807) is 4.31 Å². The van der Waals surface area contributed by atoms with Crippen molar-refractivity contribution in [2.24, 2.45) is 0 Å². The van der Waals surface area contributed by atoms with Crippen molar-refractivity contribution in [3.05, 3.63) is 10.7 Å². The van der Waals surface area contributed by atoms with Crippen LogP contribution < -0.4 is 0 Å². The van der Waals surface area contributed by atoms with Gasteiger partial charge in [-0.15, -0.1) is 0 Å². The Hall–Kier alpha value is -0.210. The Morgan fingerprint density at radius 3 is 2.65 bits per heavy atom. The van der Waals surface area contributed by atoms with Crippen LogP contribution in [0.25, 0.3) is 0 Å². The van der Waals surface area contributed by atoms with E-state index in [0.29, 0.717) is 19.1 Å². The summed E-state index contributed by atoms with van der Waals surface area (Å²) in [5.74, 6) is 0. The van der Waals surface area contributed by atoms with Crippen molar-refractivity contribution in [1.29, 1.82) is 0 Å². The molecular weight excluding hydrogens is 318 g/mol. The van der Waals surface area contributed by atoms with Crippen LogP contribution in [0.3, 0.4) is 0 Å². The fourth-order valence-corrected chi connectivity index (χ4v) is 5.99. The van der Waals surface area contributed by atoms with E-state index in [1.807, 2.05) is 0 Å². The molecule has 0 aromatic carbocycles. The van der Waals surface area contributed by atoms with Gasteiger partial charge in [-0.3, -0.25) is 4.90 Å². The minimum absolute atomic E-state index is 0.254. The molecule has 1 unspecified atom stereocenters. The molecule has 2 aliphatic rings. The summed E-state index contributed by atoms with van der Waals surface area (Å²) in [5.41, 5.74) is 0. The van der Waals surface area contributed by atoms with Gasteiger partial charge in [-0.1, -0.05) is 22.9 Å². The third-order valence-corrected chi connectivity index (χ3v) is 7.48. The molecule has 2 saturated heterocycles. The zero-order valence-electron chi connectivity index (χ0n) is 11.2. The van der Waals surface area contributed by atoms with Gasteiger partial charge in [-0.2, -0.15) is 4.31 Å². The van der Waals surface area contributed by atoms with Crippen molar-refractivity contribution in [2.75, 3.05) is 26.2 Å². The smallest absolute Gasteiger partial charge is 0.254 e. The zero-order chi connectivity index (χ0) is 14.2. The minimum atomic E-state index is -3.43. The highest BCUT2D eigenvalue weighted by Gasteiger charge is 2.34. The summed E-state index contributed by atoms with van der Waals surface area (Å²) < 4.78 is 27.3. The van der Waals surface area contributed by atoms with Crippen molar-refractivity contribution in [1.82, 2.24) is 14.2 Å². The fraction of sp³-hybridized carbons (Fsp3) is 0.750. The molecule has 2 fully saturated rings. The maximum absolute atomic E-state index is 12.6. The second-order valence-corrected chi connectivity index (χ2v) is 9.11. The molecule has 112 valence electrons. The van der Waals surface area contributed by atoms with Crippen molar-refractivity contribution < 1.29 is 8.42 Å². The van der Waals surface area contributed by atoms with E-state index in [9.17, 15) is 8.42 Å². The average molecular weight is 336 g/mol. The Morgan fingerprint density at radius 1 is 1.25 bits per heavy atom. The number of piperidine rings is 1. The van der Waals surface area contributed by atoms with Crippen LogP contribution in [-0.2, 0) is 10.0 Å². The van der Waals surface area contributed by atoms with Crippen LogP contribution in [0.15, 0.2) is 10.4 Å². The van der Waals surface area contributed by atoms with Crippen LogP contribution in [0.4, 0.5) is 0 Å². The number of hydrogen-bond donors (Lipinski definition) is 0. The minimum Gasteiger partial charge on any atom is -0.299 e. The molecule has 0 spiro atoms. The molecule has 0 aliphatic carbocycles. The van der Waals surface area contributed by atoms with E-state index in [-0.39, 0.29) is 8.68 Å². The summed E-state index contributed by atoms with van der Waals surface area (Å²) in [7, 11) is -3.43. The number of aromatic nitrogens is 1. The lowest BCUT2D eigenvalue weighted by atomic mass is 10.1. The van der Waals surface area contributed by atoms with Crippen molar-refractivity contribution >= 4 is 33.0 Å². The monoisotopic (exact) mass is 335 g/mol. The molecule has 3 rings (SSSR count). The van der Waals surface area contributed by atoms with Gasteiger partial charge in [0.25, 0.3) is 10.0 Å². The summed E-state index contributed by atoms with van der Waals surface area (Å²) in [6, 6.07) is 0.365. The highest BCUT2D eigenvalue weighted by molar-refractivity contribution is 7.91. The van der Waals surface area contributed by atoms with Crippen molar-refractivity contribution in [3.8, 4) is 0 Å². The normalized spacial score (nSPS) is 26.1. The highest BCUT2D eigenvalue weighted by atomic mass is 35.5. The average Bonchev–Trinajstić information content (AvgIpc) is 3.10. The highest BCUT2D eigenvalue weighted by Crippen LogP contribution is 2.29. The fourth-order valence-electron chi connectivity index (χ4n) is 3.03. The zero-order valence-corrected chi connectivity index (χ0v) is 13.6. The molecule has 1 aromatic heterocycles. The first-order chi connectivity index (χ1) is 9.57. The number of nitrogens with zero attached hydrogens (tertiary/aromatic N) is 3. The maximum Gasteiger partial charge on any atom is 0.254 e. The van der Waals surface area contributed by atoms with Crippen LogP contribution in [0.1, 0.15) is 25.7 Å². The third kappa shape index (κ3) is 2.87. The number of hydrogen-bond acceptors (Lipinski definition) is 5. The molecule has 0 saturated carbocycles. The van der Waals surface area contributed by atoms with E-state index in [2.05, 4.69) is 9.88 Å². The van der Waals surface area contributed by atoms with E-state index in [0.717, 1.165) is 37.3 Å². The van der Waals surface area contributed by atoms with Gasteiger partial charge in [-0.25, -0.2) is 13.4 Å². The van der Waals surface area contributed by atoms with Crippen LogP contribution in [0.2, 0.25) is 4.47 Å². The second-order valence-electron chi connectivity index (χ2n) is 5.33. The van der Waals surface area contributed by atoms with Crippen molar-refractivity contribution in [2.45, 2.75) is 35.9 Å². The van der Waals surface area contributed by atoms with Gasteiger partial charge in [0.2, 0.25) is 0 Å². The second kappa shape index (κ2) is 5.88. The summed E-state index contributed by atoms with van der Waals surface area (Å²) in [6.45, 7) is 3.40. The largest absolute Gasteiger partial charge is 0.299 e. The van der Waals surface area contributed by atoms with Crippen LogP contribution in [0.5, 0.6) is 0 Å². The van der Waals surface area contributed by atoms with Gasteiger partial charge in [0, 0.05) is 19.1 Å². The summed E-state index contributed by atoms with van der Waals surface area (Å²) >= 11 is 6.79. The van der Waals surface area contributed by atoms with E-state index < -0.39 is 10.0 Å². The first-order valence-electron chi connectivity index (χ1n) is 6.93. The SMILES string of the molecule is O=S(=O)(c1cnc(Cl)s1)N1CCCC(N2CCCC2)C1. The quantitative estimate of drug-likeness (QED) is 0.848. The Bertz CT molecular complexity index is 569. The van der Waals surface area contributed by atoms with Gasteiger partial charge in [-0.05, 0) is 38.8 Å². The molecule has 1 aromatic rings. The van der Waals surface area contributed by atoms with E-state index in [1.165, 1.54) is 19.0 Å². The Kier molecular flexibility index (Phi) is 4.33. The molecule has 0 N–H and O–H groups in total. The lowest BCUT2D eigenvalue weighted by Gasteiger charge is -2.36. The summed E-state index contributed by atoms with van der Waals surface area (Å²) in [4.78, 5) is 6.27. The predicted molar refractivity (Wildman–Crippen MR) is 79.7 cm³/mol. The molecule has 0 amide bonds. The molecule has 0 bridgehead atoms. The van der Waals surface area contributed by atoms with Gasteiger partial charge in [0.05, 0.1) is 6.20 Å². The first kappa shape index (κ1) is 14.7. The van der Waals surface area contributed by atoms with Crippen LogP contribution >= 0.6 is 22.9 Å². The molecule has 20 heavy (non-hydrogen) atoms. The number of halogens is 1. The van der Waals surface area contributed by atoms with Crippen LogP contribution in [0, 0.1) is 0 Å². The summed E-state index contributed by atoms with van der Waals surface area (Å²) in [6.07, 6.45) is 5.84.